The lowest BCUT2D eigenvalue weighted by molar-refractivity contribution is -0.124. The Labute approximate surface area is 128 Å². The van der Waals surface area contributed by atoms with Crippen molar-refractivity contribution in [1.82, 2.24) is 20.1 Å². The first-order valence-corrected chi connectivity index (χ1v) is 8.30. The van der Waals surface area contributed by atoms with Crippen molar-refractivity contribution in [2.45, 2.75) is 62.8 Å². The summed E-state index contributed by atoms with van der Waals surface area (Å²) in [4.78, 5) is 23.1. The third-order valence-electron chi connectivity index (χ3n) is 3.74. The van der Waals surface area contributed by atoms with Gasteiger partial charge in [-0.3, -0.25) is 9.36 Å². The largest absolute Gasteiger partial charge is 0.368 e. The predicted octanol–water partition coefficient (Wildman–Crippen LogP) is 0.460. The van der Waals surface area contributed by atoms with Crippen LogP contribution in [-0.4, -0.2) is 38.0 Å². The lowest BCUT2D eigenvalue weighted by Gasteiger charge is -2.27. The number of nitrogens with one attached hydrogen (secondary N) is 2. The van der Waals surface area contributed by atoms with E-state index in [1.54, 1.807) is 4.57 Å². The Morgan fingerprint density at radius 1 is 1.62 bits per heavy atom. The molecule has 1 aliphatic carbocycles. The van der Waals surface area contributed by atoms with Gasteiger partial charge in [0.25, 0.3) is 0 Å². The molecule has 1 amide bonds. The molecule has 1 heterocycles. The zero-order valence-corrected chi connectivity index (χ0v) is 13.3. The number of nitrogens with zero attached hydrogens (tertiary/aromatic N) is 2. The maximum absolute atomic E-state index is 11.6. The molecule has 8 heteroatoms. The molecular formula is C13H23N5O2S. The van der Waals surface area contributed by atoms with Gasteiger partial charge < -0.3 is 11.1 Å². The Balaban J connectivity index is 1.82. The molecular weight excluding hydrogens is 290 g/mol. The fourth-order valence-corrected chi connectivity index (χ4v) is 3.18. The van der Waals surface area contributed by atoms with E-state index in [1.807, 2.05) is 13.8 Å². The van der Waals surface area contributed by atoms with Crippen molar-refractivity contribution in [3.63, 3.8) is 0 Å². The van der Waals surface area contributed by atoms with Gasteiger partial charge in [-0.05, 0) is 39.5 Å². The van der Waals surface area contributed by atoms with Crippen LogP contribution in [0.3, 0.4) is 0 Å². The summed E-state index contributed by atoms with van der Waals surface area (Å²) in [6.07, 6.45) is 3.75. The number of H-pyrrole nitrogens is 1. The van der Waals surface area contributed by atoms with E-state index in [4.69, 9.17) is 5.73 Å². The molecule has 0 radical (unpaired) electrons. The smallest absolute Gasteiger partial charge is 0.343 e. The van der Waals surface area contributed by atoms with Crippen LogP contribution in [-0.2, 0) is 11.3 Å². The number of hydrogen-bond acceptors (Lipinski definition) is 5. The number of thioether (sulfide) groups is 1. The second kappa shape index (κ2) is 6.65. The third kappa shape index (κ3) is 4.10. The molecule has 1 atom stereocenters. The van der Waals surface area contributed by atoms with Crippen LogP contribution in [0.25, 0.3) is 0 Å². The van der Waals surface area contributed by atoms with E-state index in [2.05, 4.69) is 15.5 Å². The van der Waals surface area contributed by atoms with Gasteiger partial charge in [0, 0.05) is 18.3 Å². The number of hydrogen-bond donors (Lipinski definition) is 3. The summed E-state index contributed by atoms with van der Waals surface area (Å²) in [5.74, 6) is 0.490. The Kier molecular flexibility index (Phi) is 5.10. The number of carbonyl (C=O) groups excluding carboxylic acids is 1. The number of aromatic amines is 1. The van der Waals surface area contributed by atoms with Gasteiger partial charge in [-0.15, -0.1) is 5.10 Å². The van der Waals surface area contributed by atoms with Gasteiger partial charge in [0.2, 0.25) is 5.91 Å². The molecule has 0 saturated heterocycles. The molecule has 1 aliphatic rings. The van der Waals surface area contributed by atoms with E-state index >= 15 is 0 Å². The van der Waals surface area contributed by atoms with Crippen molar-refractivity contribution in [2.24, 2.45) is 5.73 Å². The van der Waals surface area contributed by atoms with Gasteiger partial charge in [0.15, 0.2) is 5.16 Å². The van der Waals surface area contributed by atoms with Crippen molar-refractivity contribution in [1.29, 1.82) is 0 Å². The Morgan fingerprint density at radius 2 is 2.33 bits per heavy atom. The summed E-state index contributed by atoms with van der Waals surface area (Å²) in [6, 6.07) is 0.437. The molecule has 1 aromatic heterocycles. The fourth-order valence-electron chi connectivity index (χ4n) is 2.23. The van der Waals surface area contributed by atoms with Crippen LogP contribution in [0.5, 0.6) is 0 Å². The molecule has 1 unspecified atom stereocenters. The Bertz CT molecular complexity index is 551. The van der Waals surface area contributed by atoms with Gasteiger partial charge >= 0.3 is 5.69 Å². The average Bonchev–Trinajstić information content (AvgIpc) is 3.17. The minimum atomic E-state index is -0.641. The van der Waals surface area contributed by atoms with Crippen molar-refractivity contribution in [3.8, 4) is 0 Å². The van der Waals surface area contributed by atoms with Gasteiger partial charge in [0.05, 0.1) is 5.54 Å². The van der Waals surface area contributed by atoms with E-state index in [0.717, 1.165) is 25.0 Å². The fraction of sp³-hybridized carbons (Fsp3) is 0.769. The summed E-state index contributed by atoms with van der Waals surface area (Å²) in [6.45, 7) is 4.37. The topological polar surface area (TPSA) is 106 Å². The van der Waals surface area contributed by atoms with E-state index in [0.29, 0.717) is 24.2 Å². The number of primary amides is 1. The van der Waals surface area contributed by atoms with Crippen LogP contribution in [0.15, 0.2) is 9.95 Å². The van der Waals surface area contributed by atoms with Crippen molar-refractivity contribution < 1.29 is 4.79 Å². The quantitative estimate of drug-likeness (QED) is 0.454. The molecule has 118 valence electrons. The summed E-state index contributed by atoms with van der Waals surface area (Å²) in [5, 5.41) is 10.5. The molecule has 7 nitrogen and oxygen atoms in total. The molecule has 0 aliphatic heterocycles. The maximum atomic E-state index is 11.6. The highest BCUT2D eigenvalue weighted by molar-refractivity contribution is 7.99. The highest BCUT2D eigenvalue weighted by atomic mass is 32.2. The Hall–Kier alpha value is -1.28. The normalized spacial score (nSPS) is 17.6. The zero-order valence-electron chi connectivity index (χ0n) is 12.5. The van der Waals surface area contributed by atoms with Crippen LogP contribution in [0.4, 0.5) is 0 Å². The molecule has 1 saturated carbocycles. The van der Waals surface area contributed by atoms with Crippen LogP contribution in [0.2, 0.25) is 0 Å². The number of nitrogens with two attached hydrogens (primary N) is 1. The lowest BCUT2D eigenvalue weighted by atomic mass is 9.95. The first kappa shape index (κ1) is 16.1. The summed E-state index contributed by atoms with van der Waals surface area (Å²) in [5.41, 5.74) is 4.69. The predicted molar refractivity (Wildman–Crippen MR) is 82.2 cm³/mol. The number of rotatable bonds is 9. The Morgan fingerprint density at radius 3 is 2.90 bits per heavy atom. The standard InChI is InChI=1S/C13H23N5O2S/c1-3-18-11(20)16-17-12(18)21-8-4-7-13(2,10(14)19)15-9-5-6-9/h9,15H,3-8H2,1-2H3,(H2,14,19)(H,16,20). The van der Waals surface area contributed by atoms with E-state index in [1.165, 1.54) is 11.8 Å². The van der Waals surface area contributed by atoms with Gasteiger partial charge in [-0.2, -0.15) is 0 Å². The van der Waals surface area contributed by atoms with Crippen LogP contribution < -0.4 is 16.7 Å². The molecule has 4 N–H and O–H groups in total. The molecule has 1 fully saturated rings. The SMILES string of the molecule is CCn1c(SCCCC(C)(NC2CC2)C(N)=O)n[nH]c1=O. The van der Waals surface area contributed by atoms with E-state index in [-0.39, 0.29) is 11.6 Å². The minimum Gasteiger partial charge on any atom is -0.368 e. The molecule has 0 aromatic carbocycles. The number of aromatic nitrogens is 3. The second-order valence-corrected chi connectivity index (χ2v) is 6.68. The number of carbonyl (C=O) groups is 1. The molecule has 1 aromatic rings. The van der Waals surface area contributed by atoms with E-state index < -0.39 is 5.54 Å². The van der Waals surface area contributed by atoms with Crippen molar-refractivity contribution in [2.75, 3.05) is 5.75 Å². The first-order chi connectivity index (χ1) is 9.96. The molecule has 21 heavy (non-hydrogen) atoms. The average molecular weight is 313 g/mol. The molecule has 0 spiro atoms. The van der Waals surface area contributed by atoms with Crippen molar-refractivity contribution in [3.05, 3.63) is 10.5 Å². The highest BCUT2D eigenvalue weighted by Gasteiger charge is 2.36. The second-order valence-electron chi connectivity index (χ2n) is 5.62. The monoisotopic (exact) mass is 313 g/mol. The van der Waals surface area contributed by atoms with Crippen LogP contribution in [0, 0.1) is 0 Å². The number of amides is 1. The first-order valence-electron chi connectivity index (χ1n) is 7.32. The third-order valence-corrected chi connectivity index (χ3v) is 4.80. The molecule has 0 bridgehead atoms. The molecule has 2 rings (SSSR count). The lowest BCUT2D eigenvalue weighted by Crippen LogP contribution is -2.54. The zero-order chi connectivity index (χ0) is 15.5. The summed E-state index contributed by atoms with van der Waals surface area (Å²) >= 11 is 1.52. The van der Waals surface area contributed by atoms with Crippen LogP contribution in [0.1, 0.15) is 39.5 Å². The summed E-state index contributed by atoms with van der Waals surface area (Å²) < 4.78 is 1.60. The van der Waals surface area contributed by atoms with Gasteiger partial charge in [0.1, 0.15) is 0 Å². The highest BCUT2D eigenvalue weighted by Crippen LogP contribution is 2.25. The maximum Gasteiger partial charge on any atom is 0.343 e. The van der Waals surface area contributed by atoms with Gasteiger partial charge in [-0.25, -0.2) is 9.89 Å². The summed E-state index contributed by atoms with van der Waals surface area (Å²) in [7, 11) is 0. The van der Waals surface area contributed by atoms with Crippen LogP contribution >= 0.6 is 11.8 Å². The van der Waals surface area contributed by atoms with Gasteiger partial charge in [-0.1, -0.05) is 11.8 Å². The van der Waals surface area contributed by atoms with Crippen molar-refractivity contribution >= 4 is 17.7 Å². The van der Waals surface area contributed by atoms with E-state index in [9.17, 15) is 9.59 Å². The minimum absolute atomic E-state index is 0.183.